The quantitative estimate of drug-likeness (QED) is 0.630. The summed E-state index contributed by atoms with van der Waals surface area (Å²) < 4.78 is 29.6. The fraction of sp³-hybridized carbons (Fsp3) is 0.364. The number of halogens is 1. The van der Waals surface area contributed by atoms with Crippen molar-refractivity contribution in [3.8, 4) is 5.75 Å². The summed E-state index contributed by atoms with van der Waals surface area (Å²) in [6.45, 7) is -0.238. The monoisotopic (exact) mass is 430 g/mol. The van der Waals surface area contributed by atoms with Gasteiger partial charge in [-0.1, -0.05) is 0 Å². The molecule has 1 saturated heterocycles. The number of ether oxygens (including phenoxy) is 3. The summed E-state index contributed by atoms with van der Waals surface area (Å²) in [5.74, 6) is -0.216. The maximum Gasteiger partial charge on any atom is 0.323 e. The number of carbonyl (C=O) groups is 2. The van der Waals surface area contributed by atoms with Crippen molar-refractivity contribution in [1.29, 1.82) is 0 Å². The molecule has 0 aliphatic carbocycles. The molecule has 9 heteroatoms. The summed E-state index contributed by atoms with van der Waals surface area (Å²) in [5.41, 5.74) is 1.89. The number of aliphatic hydroxyl groups excluding tert-OH is 1. The molecule has 0 bridgehead atoms. The molecule has 2 aliphatic heterocycles. The summed E-state index contributed by atoms with van der Waals surface area (Å²) in [5, 5.41) is 15.1. The van der Waals surface area contributed by atoms with Crippen molar-refractivity contribution in [1.82, 2.24) is 0 Å². The van der Waals surface area contributed by atoms with Crippen LogP contribution in [0.15, 0.2) is 42.5 Å². The van der Waals surface area contributed by atoms with E-state index in [1.165, 1.54) is 31.4 Å². The van der Waals surface area contributed by atoms with E-state index in [1.807, 2.05) is 6.07 Å². The van der Waals surface area contributed by atoms with Gasteiger partial charge in [0.1, 0.15) is 23.8 Å². The molecule has 0 unspecified atom stereocenters. The van der Waals surface area contributed by atoms with Crippen LogP contribution in [0.4, 0.5) is 20.6 Å². The largest absolute Gasteiger partial charge is 0.487 e. The summed E-state index contributed by atoms with van der Waals surface area (Å²) in [7, 11) is 1.32. The molecule has 2 heterocycles. The lowest BCUT2D eigenvalue weighted by atomic mass is 9.84. The second-order valence-electron chi connectivity index (χ2n) is 7.52. The first-order valence-electron chi connectivity index (χ1n) is 9.94. The van der Waals surface area contributed by atoms with Crippen LogP contribution in [0.25, 0.3) is 0 Å². The Morgan fingerprint density at radius 3 is 2.58 bits per heavy atom. The molecule has 2 aliphatic rings. The number of hydrogen-bond acceptors (Lipinski definition) is 6. The molecule has 2 amide bonds. The van der Waals surface area contributed by atoms with Gasteiger partial charge in [0, 0.05) is 22.9 Å². The van der Waals surface area contributed by atoms with Crippen LogP contribution in [0.1, 0.15) is 24.3 Å². The number of esters is 1. The lowest BCUT2D eigenvalue weighted by molar-refractivity contribution is -0.156. The van der Waals surface area contributed by atoms with Crippen LogP contribution in [0.5, 0.6) is 5.75 Å². The number of methoxy groups -OCH3 is 1. The van der Waals surface area contributed by atoms with Crippen LogP contribution in [-0.2, 0) is 14.3 Å². The summed E-state index contributed by atoms with van der Waals surface area (Å²) in [4.78, 5) is 24.0. The highest BCUT2D eigenvalue weighted by Gasteiger charge is 2.46. The van der Waals surface area contributed by atoms with Gasteiger partial charge in [0.15, 0.2) is 0 Å². The lowest BCUT2D eigenvalue weighted by Crippen LogP contribution is -2.46. The number of benzene rings is 2. The molecule has 0 spiro atoms. The number of hydrogen-bond donors (Lipinski definition) is 3. The van der Waals surface area contributed by atoms with Crippen LogP contribution in [0, 0.1) is 5.82 Å². The number of fused-ring (bicyclic) bond motifs is 3. The van der Waals surface area contributed by atoms with E-state index in [-0.39, 0.29) is 36.8 Å². The number of anilines is 2. The minimum Gasteiger partial charge on any atom is -0.487 e. The maximum atomic E-state index is 13.0. The SMILES string of the molecule is COC(=O)C[C@@H]1C[C@H]2c3cc(NC(=O)Nc4ccc(F)cc4)ccc3O[C@H]2[C@@H](CO)O1. The average Bonchev–Trinajstić information content (AvgIpc) is 3.12. The minimum atomic E-state index is -0.570. The van der Waals surface area contributed by atoms with Crippen LogP contribution in [0.2, 0.25) is 0 Å². The fourth-order valence-corrected chi connectivity index (χ4v) is 4.06. The van der Waals surface area contributed by atoms with Gasteiger partial charge in [0.25, 0.3) is 0 Å². The third-order valence-corrected chi connectivity index (χ3v) is 5.48. The van der Waals surface area contributed by atoms with Gasteiger partial charge in [-0.05, 0) is 48.9 Å². The zero-order valence-electron chi connectivity index (χ0n) is 16.8. The fourth-order valence-electron chi connectivity index (χ4n) is 4.06. The second-order valence-corrected chi connectivity index (χ2v) is 7.52. The molecular formula is C22H23FN2O6. The van der Waals surface area contributed by atoms with E-state index in [9.17, 15) is 19.1 Å². The van der Waals surface area contributed by atoms with Crippen molar-refractivity contribution < 1.29 is 33.3 Å². The highest BCUT2D eigenvalue weighted by molar-refractivity contribution is 5.99. The van der Waals surface area contributed by atoms with Gasteiger partial charge in [-0.3, -0.25) is 4.79 Å². The predicted octanol–water partition coefficient (Wildman–Crippen LogP) is 3.03. The molecule has 2 aromatic carbocycles. The van der Waals surface area contributed by atoms with E-state index in [0.29, 0.717) is 23.5 Å². The Bertz CT molecular complexity index is 967. The summed E-state index contributed by atoms with van der Waals surface area (Å²) in [6, 6.07) is 10.3. The zero-order valence-corrected chi connectivity index (χ0v) is 16.8. The Morgan fingerprint density at radius 1 is 1.16 bits per heavy atom. The maximum absolute atomic E-state index is 13.0. The smallest absolute Gasteiger partial charge is 0.323 e. The first-order chi connectivity index (χ1) is 15.0. The van der Waals surface area contributed by atoms with Crippen LogP contribution in [-0.4, -0.2) is 49.1 Å². The predicted molar refractivity (Wildman–Crippen MR) is 110 cm³/mol. The molecule has 31 heavy (non-hydrogen) atoms. The van der Waals surface area contributed by atoms with Gasteiger partial charge in [0.05, 0.1) is 26.2 Å². The molecule has 8 nitrogen and oxygen atoms in total. The van der Waals surface area contributed by atoms with E-state index in [1.54, 1.807) is 12.1 Å². The van der Waals surface area contributed by atoms with E-state index in [0.717, 1.165) is 5.56 Å². The molecule has 4 rings (SSSR count). The summed E-state index contributed by atoms with van der Waals surface area (Å²) in [6.07, 6.45) is -0.743. The highest BCUT2D eigenvalue weighted by Crippen LogP contribution is 2.47. The Kier molecular flexibility index (Phi) is 6.06. The van der Waals surface area contributed by atoms with Crippen LogP contribution >= 0.6 is 0 Å². The number of amides is 2. The zero-order chi connectivity index (χ0) is 22.0. The summed E-state index contributed by atoms with van der Waals surface area (Å²) >= 11 is 0. The topological polar surface area (TPSA) is 106 Å². The number of aliphatic hydroxyl groups is 1. The number of urea groups is 1. The number of rotatable bonds is 5. The number of carbonyl (C=O) groups excluding carboxylic acids is 2. The van der Waals surface area contributed by atoms with Crippen molar-refractivity contribution in [2.45, 2.75) is 37.1 Å². The first-order valence-corrected chi connectivity index (χ1v) is 9.94. The van der Waals surface area contributed by atoms with Gasteiger partial charge in [-0.25, -0.2) is 9.18 Å². The molecule has 0 radical (unpaired) electrons. The van der Waals surface area contributed by atoms with Crippen molar-refractivity contribution in [2.75, 3.05) is 24.4 Å². The second kappa shape index (κ2) is 8.91. The normalized spacial score (nSPS) is 23.8. The van der Waals surface area contributed by atoms with E-state index in [2.05, 4.69) is 10.6 Å². The Morgan fingerprint density at radius 2 is 1.87 bits per heavy atom. The Hall–Kier alpha value is -3.17. The van der Waals surface area contributed by atoms with Crippen molar-refractivity contribution in [3.63, 3.8) is 0 Å². The minimum absolute atomic E-state index is 0.0869. The van der Waals surface area contributed by atoms with E-state index < -0.39 is 18.2 Å². The van der Waals surface area contributed by atoms with Gasteiger partial charge >= 0.3 is 12.0 Å². The van der Waals surface area contributed by atoms with E-state index in [4.69, 9.17) is 14.2 Å². The highest BCUT2D eigenvalue weighted by atomic mass is 19.1. The third-order valence-electron chi connectivity index (χ3n) is 5.48. The average molecular weight is 430 g/mol. The van der Waals surface area contributed by atoms with Crippen molar-refractivity contribution in [3.05, 3.63) is 53.8 Å². The standard InChI is InChI=1S/C22H23FN2O6/c1-29-20(27)10-15-9-17-16-8-14(6-7-18(16)31-21(17)19(11-26)30-15)25-22(28)24-13-4-2-12(23)3-5-13/h2-8,15,17,19,21,26H,9-11H2,1H3,(H2,24,25,28)/t15-,17-,19+,21+/m0/s1. The van der Waals surface area contributed by atoms with Gasteiger partial charge in [-0.15, -0.1) is 0 Å². The molecule has 0 saturated carbocycles. The number of nitrogens with one attached hydrogen (secondary N) is 2. The molecule has 2 aromatic rings. The van der Waals surface area contributed by atoms with Gasteiger partial charge in [0.2, 0.25) is 0 Å². The Labute approximate surface area is 178 Å². The van der Waals surface area contributed by atoms with Crippen molar-refractivity contribution >= 4 is 23.4 Å². The third kappa shape index (κ3) is 4.62. The molecule has 1 fully saturated rings. The van der Waals surface area contributed by atoms with Gasteiger partial charge < -0.3 is 30.0 Å². The first kappa shape index (κ1) is 21.1. The molecule has 3 N–H and O–H groups in total. The lowest BCUT2D eigenvalue weighted by Gasteiger charge is -2.36. The van der Waals surface area contributed by atoms with Crippen molar-refractivity contribution in [2.24, 2.45) is 0 Å². The Balaban J connectivity index is 1.48. The van der Waals surface area contributed by atoms with Crippen LogP contribution in [0.3, 0.4) is 0 Å². The van der Waals surface area contributed by atoms with E-state index >= 15 is 0 Å². The molecule has 4 atom stereocenters. The van der Waals surface area contributed by atoms with Crippen LogP contribution < -0.4 is 15.4 Å². The molecule has 164 valence electrons. The van der Waals surface area contributed by atoms with Gasteiger partial charge in [-0.2, -0.15) is 0 Å². The molecular weight excluding hydrogens is 407 g/mol. The molecule has 0 aromatic heterocycles.